The Balaban J connectivity index is 1.66. The molecule has 0 bridgehead atoms. The number of halogens is 2. The summed E-state index contributed by atoms with van der Waals surface area (Å²) >= 11 is 5.79. The Bertz CT molecular complexity index is 953. The maximum absolute atomic E-state index is 14.8. The van der Waals surface area contributed by atoms with Crippen molar-refractivity contribution in [3.63, 3.8) is 0 Å². The first kappa shape index (κ1) is 18.6. The topological polar surface area (TPSA) is 98.8 Å². The molecule has 1 saturated heterocycles. The maximum Gasteiger partial charge on any atom is 0.283 e. The number of anilines is 1. The van der Waals surface area contributed by atoms with Gasteiger partial charge in [-0.1, -0.05) is 11.6 Å². The molecule has 0 saturated carbocycles. The highest BCUT2D eigenvalue weighted by molar-refractivity contribution is 6.30. The van der Waals surface area contributed by atoms with Crippen molar-refractivity contribution >= 4 is 29.2 Å². The van der Waals surface area contributed by atoms with Gasteiger partial charge in [0.15, 0.2) is 0 Å². The Morgan fingerprint density at radius 1 is 1.36 bits per heavy atom. The van der Waals surface area contributed by atoms with Gasteiger partial charge in [-0.25, -0.2) is 14.4 Å². The van der Waals surface area contributed by atoms with Gasteiger partial charge in [0, 0.05) is 17.4 Å². The molecule has 7 nitrogen and oxygen atoms in total. The zero-order valence-corrected chi connectivity index (χ0v) is 15.7. The lowest BCUT2D eigenvalue weighted by molar-refractivity contribution is 0.0817. The van der Waals surface area contributed by atoms with Crippen molar-refractivity contribution in [1.29, 1.82) is 0 Å². The number of amidine groups is 1. The third-order valence-corrected chi connectivity index (χ3v) is 5.32. The summed E-state index contributed by atoms with van der Waals surface area (Å²) < 4.78 is 25.8. The first-order chi connectivity index (χ1) is 13.4. The second-order valence-corrected chi connectivity index (χ2v) is 7.34. The van der Waals surface area contributed by atoms with E-state index in [1.165, 1.54) is 24.4 Å². The molecule has 28 heavy (non-hydrogen) atoms. The van der Waals surface area contributed by atoms with Crippen LogP contribution in [0.5, 0.6) is 0 Å². The Kier molecular flexibility index (Phi) is 4.68. The number of ether oxygens (including phenoxy) is 2. The normalized spacial score (nSPS) is 26.2. The molecule has 0 radical (unpaired) electrons. The summed E-state index contributed by atoms with van der Waals surface area (Å²) in [6.45, 7) is 2.54. The molecule has 4 rings (SSSR count). The summed E-state index contributed by atoms with van der Waals surface area (Å²) in [6, 6.07) is 7.39. The van der Waals surface area contributed by atoms with Crippen LogP contribution in [0.15, 0.2) is 41.5 Å². The minimum atomic E-state index is -0.979. The molecule has 2 aromatic rings. The van der Waals surface area contributed by atoms with Crippen LogP contribution in [0.2, 0.25) is 5.02 Å². The van der Waals surface area contributed by atoms with E-state index in [-0.39, 0.29) is 23.7 Å². The number of benzene rings is 1. The number of carbonyl (C=O) groups is 1. The number of carbonyl (C=O) groups excluding carboxylic acids is 1. The van der Waals surface area contributed by atoms with Gasteiger partial charge in [-0.2, -0.15) is 0 Å². The van der Waals surface area contributed by atoms with E-state index in [0.29, 0.717) is 29.5 Å². The SMILES string of the molecule is C[C@]1(c2cc(NC(=O)c3ccc(Cl)cn3)ccc2F)N=C(N)O[C@@H]2COC[C@@H]21. The Labute approximate surface area is 165 Å². The summed E-state index contributed by atoms with van der Waals surface area (Å²) in [5.41, 5.74) is 5.75. The fourth-order valence-corrected chi connectivity index (χ4v) is 3.74. The van der Waals surface area contributed by atoms with E-state index in [0.717, 1.165) is 0 Å². The van der Waals surface area contributed by atoms with Crippen LogP contribution in [0.25, 0.3) is 0 Å². The van der Waals surface area contributed by atoms with Gasteiger partial charge in [0.05, 0.1) is 29.7 Å². The van der Waals surface area contributed by atoms with Crippen molar-refractivity contribution in [3.05, 3.63) is 58.6 Å². The maximum atomic E-state index is 14.8. The smallest absolute Gasteiger partial charge is 0.283 e. The minimum absolute atomic E-state index is 0.00606. The summed E-state index contributed by atoms with van der Waals surface area (Å²) in [4.78, 5) is 20.8. The Morgan fingerprint density at radius 2 is 2.18 bits per heavy atom. The van der Waals surface area contributed by atoms with E-state index in [4.69, 9.17) is 26.8 Å². The van der Waals surface area contributed by atoms with Crippen molar-refractivity contribution < 1.29 is 18.7 Å². The summed E-state index contributed by atoms with van der Waals surface area (Å²) in [7, 11) is 0. The van der Waals surface area contributed by atoms with E-state index >= 15 is 0 Å². The Hall–Kier alpha value is -2.71. The van der Waals surface area contributed by atoms with Gasteiger partial charge in [-0.05, 0) is 37.3 Å². The fraction of sp³-hybridized carbons (Fsp3) is 0.316. The van der Waals surface area contributed by atoms with Crippen LogP contribution in [0, 0.1) is 11.7 Å². The zero-order chi connectivity index (χ0) is 19.9. The average molecular weight is 405 g/mol. The third kappa shape index (κ3) is 3.29. The summed E-state index contributed by atoms with van der Waals surface area (Å²) in [6.07, 6.45) is 1.09. The molecule has 3 atom stereocenters. The number of fused-ring (bicyclic) bond motifs is 1. The van der Waals surface area contributed by atoms with Crippen LogP contribution in [-0.2, 0) is 15.0 Å². The molecule has 2 aliphatic rings. The van der Waals surface area contributed by atoms with E-state index in [1.54, 1.807) is 19.1 Å². The van der Waals surface area contributed by atoms with Crippen molar-refractivity contribution in [2.45, 2.75) is 18.6 Å². The lowest BCUT2D eigenvalue weighted by Crippen LogP contribution is -2.47. The number of nitrogens with zero attached hydrogens (tertiary/aromatic N) is 2. The van der Waals surface area contributed by atoms with Crippen molar-refractivity contribution in [2.75, 3.05) is 18.5 Å². The molecule has 0 aliphatic carbocycles. The molecule has 3 N–H and O–H groups in total. The van der Waals surface area contributed by atoms with E-state index in [1.807, 2.05) is 0 Å². The van der Waals surface area contributed by atoms with E-state index < -0.39 is 17.3 Å². The highest BCUT2D eigenvalue weighted by atomic mass is 35.5. The van der Waals surface area contributed by atoms with Crippen molar-refractivity contribution in [3.8, 4) is 0 Å². The van der Waals surface area contributed by atoms with Crippen LogP contribution < -0.4 is 11.1 Å². The van der Waals surface area contributed by atoms with Crippen LogP contribution in [0.3, 0.4) is 0 Å². The molecule has 9 heteroatoms. The highest BCUT2D eigenvalue weighted by Gasteiger charge is 2.50. The monoisotopic (exact) mass is 404 g/mol. The van der Waals surface area contributed by atoms with Gasteiger partial charge >= 0.3 is 0 Å². The molecule has 2 aliphatic heterocycles. The van der Waals surface area contributed by atoms with Crippen molar-refractivity contribution in [2.24, 2.45) is 16.6 Å². The number of pyridine rings is 1. The predicted octanol–water partition coefficient (Wildman–Crippen LogP) is 2.70. The van der Waals surface area contributed by atoms with Gasteiger partial charge in [-0.3, -0.25) is 4.79 Å². The van der Waals surface area contributed by atoms with Gasteiger partial charge in [-0.15, -0.1) is 0 Å². The molecule has 146 valence electrons. The van der Waals surface area contributed by atoms with E-state index in [9.17, 15) is 9.18 Å². The van der Waals surface area contributed by atoms with Crippen LogP contribution in [-0.4, -0.2) is 36.2 Å². The number of aliphatic imine (C=N–C) groups is 1. The van der Waals surface area contributed by atoms with Gasteiger partial charge in [0.2, 0.25) is 0 Å². The molecule has 0 unspecified atom stereocenters. The summed E-state index contributed by atoms with van der Waals surface area (Å²) in [5.74, 6) is -1.08. The fourth-order valence-electron chi connectivity index (χ4n) is 3.62. The molecule has 3 heterocycles. The molecule has 1 aromatic carbocycles. The lowest BCUT2D eigenvalue weighted by Gasteiger charge is -2.38. The molecular formula is C19H18ClFN4O3. The zero-order valence-electron chi connectivity index (χ0n) is 15.0. The van der Waals surface area contributed by atoms with Gasteiger partial charge < -0.3 is 20.5 Å². The predicted molar refractivity (Wildman–Crippen MR) is 102 cm³/mol. The number of hydrogen-bond acceptors (Lipinski definition) is 6. The number of hydrogen-bond donors (Lipinski definition) is 2. The van der Waals surface area contributed by atoms with Crippen LogP contribution in [0.1, 0.15) is 23.0 Å². The summed E-state index contributed by atoms with van der Waals surface area (Å²) in [5, 5.41) is 3.15. The molecule has 0 spiro atoms. The van der Waals surface area contributed by atoms with Gasteiger partial charge in [0.25, 0.3) is 11.9 Å². The van der Waals surface area contributed by atoms with Crippen molar-refractivity contribution in [1.82, 2.24) is 4.98 Å². The second-order valence-electron chi connectivity index (χ2n) is 6.91. The van der Waals surface area contributed by atoms with Gasteiger partial charge in [0.1, 0.15) is 17.6 Å². The quantitative estimate of drug-likeness (QED) is 0.819. The first-order valence-corrected chi connectivity index (χ1v) is 9.07. The second kappa shape index (κ2) is 7.03. The van der Waals surface area contributed by atoms with Crippen LogP contribution in [0.4, 0.5) is 10.1 Å². The largest absolute Gasteiger partial charge is 0.459 e. The molecule has 1 fully saturated rings. The van der Waals surface area contributed by atoms with Crippen LogP contribution >= 0.6 is 11.6 Å². The number of amides is 1. The number of nitrogens with two attached hydrogens (primary N) is 1. The standard InChI is InChI=1S/C19H18ClFN4O3/c1-19(13-8-27-9-16(13)28-18(22)25-19)12-6-11(3-4-14(12)21)24-17(26)15-5-2-10(20)7-23-15/h2-7,13,16H,8-9H2,1H3,(H2,22,25)(H,24,26)/t13-,16+,19+/m0/s1. The number of aromatic nitrogens is 1. The Morgan fingerprint density at radius 3 is 2.93 bits per heavy atom. The third-order valence-electron chi connectivity index (χ3n) is 5.09. The minimum Gasteiger partial charge on any atom is -0.459 e. The average Bonchev–Trinajstić information content (AvgIpc) is 3.13. The molecule has 1 amide bonds. The first-order valence-electron chi connectivity index (χ1n) is 8.69. The highest BCUT2D eigenvalue weighted by Crippen LogP contribution is 2.43. The lowest BCUT2D eigenvalue weighted by atomic mass is 9.77. The molecular weight excluding hydrogens is 387 g/mol. The number of nitrogens with one attached hydrogen (secondary N) is 1. The van der Waals surface area contributed by atoms with E-state index in [2.05, 4.69) is 15.3 Å². The number of rotatable bonds is 3. The molecule has 1 aromatic heterocycles.